The van der Waals surface area contributed by atoms with Crippen molar-refractivity contribution in [2.45, 2.75) is 12.4 Å². The summed E-state index contributed by atoms with van der Waals surface area (Å²) in [6.07, 6.45) is -7.07. The largest absolute Gasteiger partial charge is 0.477 e. The molecule has 11 heteroatoms. The normalized spacial score (nSPS) is 11.0. The fourth-order valence-corrected chi connectivity index (χ4v) is 2.04. The van der Waals surface area contributed by atoms with Crippen molar-refractivity contribution in [1.82, 2.24) is 9.97 Å². The number of halogens is 6. The third-order valence-corrected chi connectivity index (χ3v) is 3.33. The van der Waals surface area contributed by atoms with Crippen molar-refractivity contribution in [2.24, 2.45) is 0 Å². The molecule has 3 aromatic rings. The van der Waals surface area contributed by atoms with Gasteiger partial charge in [0, 0.05) is 33.9 Å². The number of hydrogen-bond acceptors (Lipinski definition) is 3. The summed E-state index contributed by atoms with van der Waals surface area (Å²) in [4.78, 5) is 17.4. The molecule has 0 bridgehead atoms. The number of aromatic carboxylic acids is 1. The average Bonchev–Trinajstić information content (AvgIpc) is 2.68. The van der Waals surface area contributed by atoms with Gasteiger partial charge in [0.2, 0.25) is 0 Å². The molecule has 1 radical (unpaired) electrons. The average molecular weight is 609 g/mol. The standard InChI is InChI=1S/C13H6F6N.C6H5NO2.Ir.H2/c14-12(15,16)9-5-8(11-3-1-2-4-20-11)6-10(7-9)13(17,18)19;8-6(9)5-3-1-2-4-7-5;;/h1-5,7H;1-4H,(H,8,9);;1H/q-1;;;/i;;;1+1. The van der Waals surface area contributed by atoms with Crippen LogP contribution in [0.1, 0.15) is 23.0 Å². The number of alkyl halides is 6. The van der Waals surface area contributed by atoms with E-state index in [1.807, 2.05) is 6.07 Å². The molecule has 163 valence electrons. The van der Waals surface area contributed by atoms with Crippen molar-refractivity contribution in [3.05, 3.63) is 83.8 Å². The molecule has 2 heterocycles. The number of hydrogen-bond donors (Lipinski definition) is 1. The van der Waals surface area contributed by atoms with Crippen LogP contribution in [0.4, 0.5) is 26.3 Å². The van der Waals surface area contributed by atoms with Crippen molar-refractivity contribution in [1.29, 1.82) is 0 Å². The van der Waals surface area contributed by atoms with Crippen LogP contribution in [0.25, 0.3) is 11.3 Å². The van der Waals surface area contributed by atoms with Crippen molar-refractivity contribution < 1.29 is 57.8 Å². The molecule has 0 saturated carbocycles. The molecule has 1 aromatic carbocycles. The minimum atomic E-state index is -4.91. The fraction of sp³-hybridized carbons (Fsp3) is 0.105. The van der Waals surface area contributed by atoms with Gasteiger partial charge in [0.25, 0.3) is 0 Å². The second kappa shape index (κ2) is 10.3. The quantitative estimate of drug-likeness (QED) is 0.304. The third-order valence-electron chi connectivity index (χ3n) is 3.33. The van der Waals surface area contributed by atoms with Crippen LogP contribution in [-0.4, -0.2) is 21.0 Å². The van der Waals surface area contributed by atoms with Gasteiger partial charge in [0.05, 0.1) is 0 Å². The second-order valence-electron chi connectivity index (χ2n) is 5.43. The predicted molar refractivity (Wildman–Crippen MR) is 91.8 cm³/mol. The molecule has 0 aliphatic carbocycles. The molecular weight excluding hydrogens is 594 g/mol. The first-order valence-electron chi connectivity index (χ1n) is 7.76. The van der Waals surface area contributed by atoms with E-state index in [2.05, 4.69) is 9.97 Å². The maximum absolute atomic E-state index is 12.7. The maximum Gasteiger partial charge on any atom is 0.399 e. The zero-order chi connectivity index (χ0) is 21.7. The SMILES string of the molecule is FC(F)(F)c1[c-]c(-c2ccccn2)cc(C(F)(F)F)c1.O=C(O)c1ccccn1.[2HH].[Ir]. The Hall–Kier alpha value is -2.78. The molecule has 1 N–H and O–H groups in total. The number of aromatic nitrogens is 2. The Morgan fingerprint density at radius 2 is 1.50 bits per heavy atom. The predicted octanol–water partition coefficient (Wildman–Crippen LogP) is 5.61. The van der Waals surface area contributed by atoms with Gasteiger partial charge in [-0.05, 0) is 35.0 Å². The van der Waals surface area contributed by atoms with Crippen molar-refractivity contribution >= 4 is 5.97 Å². The van der Waals surface area contributed by atoms with Gasteiger partial charge in [-0.1, -0.05) is 18.2 Å². The summed E-state index contributed by atoms with van der Waals surface area (Å²) in [7, 11) is 0. The number of carbonyl (C=O) groups is 1. The molecule has 0 fully saturated rings. The number of carboxylic acid groups (broad SMARTS) is 1. The van der Waals surface area contributed by atoms with Gasteiger partial charge in [0.15, 0.2) is 0 Å². The summed E-state index contributed by atoms with van der Waals surface area (Å²) < 4.78 is 75.8. The van der Waals surface area contributed by atoms with E-state index in [1.165, 1.54) is 36.7 Å². The Morgan fingerprint density at radius 3 is 1.90 bits per heavy atom. The minimum absolute atomic E-state index is 0. The molecule has 2 aromatic heterocycles. The first-order valence-corrected chi connectivity index (χ1v) is 7.76. The first kappa shape index (κ1) is 25.3. The van der Waals surface area contributed by atoms with Crippen LogP contribution < -0.4 is 0 Å². The Kier molecular flexibility index (Phi) is 8.68. The smallest absolute Gasteiger partial charge is 0.399 e. The van der Waals surface area contributed by atoms with Crippen molar-refractivity contribution in [3.63, 3.8) is 0 Å². The number of benzene rings is 1. The van der Waals surface area contributed by atoms with Crippen LogP contribution in [0, 0.1) is 6.07 Å². The third kappa shape index (κ3) is 7.23. The molecule has 0 spiro atoms. The Morgan fingerprint density at radius 1 is 0.900 bits per heavy atom. The van der Waals surface area contributed by atoms with E-state index in [0.717, 1.165) is 0 Å². The summed E-state index contributed by atoms with van der Waals surface area (Å²) in [5.41, 5.74) is -3.15. The molecule has 0 atom stereocenters. The Balaban J connectivity index is 0.000000695. The molecule has 0 amide bonds. The molecule has 0 aliphatic heterocycles. The van der Waals surface area contributed by atoms with Crippen LogP contribution in [0.3, 0.4) is 0 Å². The summed E-state index contributed by atoms with van der Waals surface area (Å²) >= 11 is 0. The minimum Gasteiger partial charge on any atom is -0.477 e. The zero-order valence-corrected chi connectivity index (χ0v) is 17.0. The van der Waals surface area contributed by atoms with Gasteiger partial charge in [0.1, 0.15) is 5.69 Å². The molecule has 0 aliphatic rings. The molecule has 30 heavy (non-hydrogen) atoms. The van der Waals surface area contributed by atoms with Gasteiger partial charge in [-0.25, -0.2) is 9.78 Å². The van der Waals surface area contributed by atoms with Crippen LogP contribution in [-0.2, 0) is 32.5 Å². The van der Waals surface area contributed by atoms with Crippen LogP contribution >= 0.6 is 0 Å². The molecule has 0 saturated heterocycles. The summed E-state index contributed by atoms with van der Waals surface area (Å²) in [5.74, 6) is -0.990. The second-order valence-corrected chi connectivity index (χ2v) is 5.43. The van der Waals surface area contributed by atoms with Gasteiger partial charge in [-0.2, -0.15) is 26.3 Å². The van der Waals surface area contributed by atoms with E-state index in [-0.39, 0.29) is 44.5 Å². The Bertz CT molecular complexity index is 938. The summed E-state index contributed by atoms with van der Waals surface area (Å²) in [6, 6.07) is 11.6. The van der Waals surface area contributed by atoms with Gasteiger partial charge >= 0.3 is 18.3 Å². The van der Waals surface area contributed by atoms with E-state index >= 15 is 0 Å². The molecule has 0 unspecified atom stereocenters. The van der Waals surface area contributed by atoms with Gasteiger partial charge in [-0.15, -0.1) is 23.8 Å². The van der Waals surface area contributed by atoms with E-state index < -0.39 is 29.4 Å². The summed E-state index contributed by atoms with van der Waals surface area (Å²) in [5, 5.41) is 8.32. The maximum atomic E-state index is 12.7. The molecule has 3 rings (SSSR count). The topological polar surface area (TPSA) is 63.1 Å². The van der Waals surface area contributed by atoms with Crippen LogP contribution in [0.5, 0.6) is 0 Å². The van der Waals surface area contributed by atoms with Crippen molar-refractivity contribution in [3.8, 4) is 11.3 Å². The van der Waals surface area contributed by atoms with Crippen molar-refractivity contribution in [2.75, 3.05) is 0 Å². The fourth-order valence-electron chi connectivity index (χ4n) is 2.04. The van der Waals surface area contributed by atoms with E-state index in [4.69, 9.17) is 5.11 Å². The number of carboxylic acids is 1. The summed E-state index contributed by atoms with van der Waals surface area (Å²) in [6.45, 7) is 0. The van der Waals surface area contributed by atoms with Crippen LogP contribution in [0.2, 0.25) is 0 Å². The van der Waals surface area contributed by atoms with E-state index in [9.17, 15) is 31.1 Å². The molecular formula is C19H13F6IrN2O2-. The van der Waals surface area contributed by atoms with Gasteiger partial charge in [-0.3, -0.25) is 0 Å². The van der Waals surface area contributed by atoms with E-state index in [1.54, 1.807) is 12.1 Å². The number of nitrogens with zero attached hydrogens (tertiary/aromatic N) is 2. The monoisotopic (exact) mass is 609 g/mol. The number of pyridine rings is 2. The Labute approximate surface area is 181 Å². The van der Waals surface area contributed by atoms with Crippen LogP contribution in [0.15, 0.2) is 60.9 Å². The van der Waals surface area contributed by atoms with Gasteiger partial charge < -0.3 is 10.1 Å². The van der Waals surface area contributed by atoms with E-state index in [0.29, 0.717) is 6.07 Å². The zero-order valence-electron chi connectivity index (χ0n) is 14.6. The number of rotatable bonds is 2. The first-order chi connectivity index (χ1) is 13.5. The molecule has 4 nitrogen and oxygen atoms in total.